The Morgan fingerprint density at radius 2 is 2.24 bits per heavy atom. The fourth-order valence-electron chi connectivity index (χ4n) is 2.34. The molecule has 110 valence electrons. The van der Waals surface area contributed by atoms with E-state index in [-0.39, 0.29) is 0 Å². The monoisotopic (exact) mass is 322 g/mol. The Labute approximate surface area is 131 Å². The van der Waals surface area contributed by atoms with Gasteiger partial charge in [0.1, 0.15) is 12.2 Å². The molecule has 3 aromatic heterocycles. The van der Waals surface area contributed by atoms with Gasteiger partial charge in [-0.2, -0.15) is 4.98 Å². The van der Waals surface area contributed by atoms with Crippen molar-refractivity contribution in [3.63, 3.8) is 0 Å². The summed E-state index contributed by atoms with van der Waals surface area (Å²) in [5.41, 5.74) is 2.77. The highest BCUT2D eigenvalue weighted by Crippen LogP contribution is 2.26. The zero-order chi connectivity index (χ0) is 14.8. The second-order valence-corrected chi connectivity index (χ2v) is 5.79. The molecule has 0 amide bonds. The highest BCUT2D eigenvalue weighted by Gasteiger charge is 2.17. The number of methoxy groups -OCH3 is 1. The first-order valence-corrected chi connectivity index (χ1v) is 8.05. The summed E-state index contributed by atoms with van der Waals surface area (Å²) in [7, 11) is 1.58. The summed E-state index contributed by atoms with van der Waals surface area (Å²) in [6, 6.07) is 2.16. The van der Waals surface area contributed by atoms with Crippen LogP contribution in [0.3, 0.4) is 0 Å². The number of alkyl halides is 1. The van der Waals surface area contributed by atoms with Crippen LogP contribution >= 0.6 is 22.9 Å². The van der Waals surface area contributed by atoms with Gasteiger partial charge in [-0.15, -0.1) is 22.9 Å². The van der Waals surface area contributed by atoms with Gasteiger partial charge in [0, 0.05) is 4.88 Å². The summed E-state index contributed by atoms with van der Waals surface area (Å²) in [5, 5.41) is 2.11. The van der Waals surface area contributed by atoms with Crippen LogP contribution < -0.4 is 4.74 Å². The van der Waals surface area contributed by atoms with Crippen LogP contribution in [0, 0.1) is 0 Å². The number of rotatable bonds is 5. The maximum absolute atomic E-state index is 6.04. The lowest BCUT2D eigenvalue weighted by Gasteiger charge is -2.07. The standard InChI is InChI=1S/C14H15ClN4OS/c1-3-9-4-5-21-10(9)7-19-11(6-15)18-12-13(19)16-8-17-14(12)20-2/h4-5,8H,3,6-7H2,1-2H3. The van der Waals surface area contributed by atoms with Gasteiger partial charge < -0.3 is 9.30 Å². The van der Waals surface area contributed by atoms with Gasteiger partial charge in [0.25, 0.3) is 0 Å². The number of imidazole rings is 1. The van der Waals surface area contributed by atoms with Gasteiger partial charge in [0.15, 0.2) is 11.2 Å². The molecule has 0 aliphatic rings. The van der Waals surface area contributed by atoms with Gasteiger partial charge in [0.2, 0.25) is 5.88 Å². The molecular formula is C14H15ClN4OS. The van der Waals surface area contributed by atoms with E-state index in [1.54, 1.807) is 18.4 Å². The van der Waals surface area contributed by atoms with E-state index in [1.807, 2.05) is 4.57 Å². The van der Waals surface area contributed by atoms with Crippen LogP contribution in [0.5, 0.6) is 5.88 Å². The summed E-state index contributed by atoms with van der Waals surface area (Å²) < 4.78 is 7.29. The molecule has 0 unspecified atom stereocenters. The van der Waals surface area contributed by atoms with E-state index < -0.39 is 0 Å². The van der Waals surface area contributed by atoms with Crippen LogP contribution in [-0.4, -0.2) is 26.6 Å². The smallest absolute Gasteiger partial charge is 0.245 e. The Morgan fingerprint density at radius 3 is 2.95 bits per heavy atom. The number of aromatic nitrogens is 4. The van der Waals surface area contributed by atoms with Crippen molar-refractivity contribution in [3.8, 4) is 5.88 Å². The second kappa shape index (κ2) is 5.99. The van der Waals surface area contributed by atoms with Crippen molar-refractivity contribution in [2.45, 2.75) is 25.8 Å². The highest BCUT2D eigenvalue weighted by atomic mass is 35.5. The predicted octanol–water partition coefficient (Wildman–Crippen LogP) is 3.25. The van der Waals surface area contributed by atoms with Crippen molar-refractivity contribution in [1.29, 1.82) is 0 Å². The third kappa shape index (κ3) is 2.49. The van der Waals surface area contributed by atoms with Crippen molar-refractivity contribution in [1.82, 2.24) is 19.5 Å². The van der Waals surface area contributed by atoms with Crippen LogP contribution in [-0.2, 0) is 18.8 Å². The first-order chi connectivity index (χ1) is 10.3. The molecule has 3 rings (SSSR count). The molecule has 21 heavy (non-hydrogen) atoms. The van der Waals surface area contributed by atoms with Crippen LogP contribution in [0.25, 0.3) is 11.2 Å². The summed E-state index contributed by atoms with van der Waals surface area (Å²) in [6.45, 7) is 2.88. The van der Waals surface area contributed by atoms with E-state index in [0.29, 0.717) is 17.3 Å². The molecule has 3 aromatic rings. The summed E-state index contributed by atoms with van der Waals surface area (Å²) >= 11 is 7.79. The van der Waals surface area contributed by atoms with Crippen molar-refractivity contribution in [2.75, 3.05) is 7.11 Å². The van der Waals surface area contributed by atoms with Crippen LogP contribution in [0.4, 0.5) is 0 Å². The number of thiophene rings is 1. The zero-order valence-electron chi connectivity index (χ0n) is 11.8. The van der Waals surface area contributed by atoms with Crippen molar-refractivity contribution in [3.05, 3.63) is 34.0 Å². The Kier molecular flexibility index (Phi) is 4.07. The minimum absolute atomic E-state index is 0.326. The number of fused-ring (bicyclic) bond motifs is 1. The number of hydrogen-bond donors (Lipinski definition) is 0. The number of nitrogens with zero attached hydrogens (tertiary/aromatic N) is 4. The fraction of sp³-hybridized carbons (Fsp3) is 0.357. The minimum Gasteiger partial charge on any atom is -0.479 e. The summed E-state index contributed by atoms with van der Waals surface area (Å²) in [5.74, 6) is 1.58. The Bertz CT molecular complexity index is 768. The molecule has 0 bridgehead atoms. The van der Waals surface area contributed by atoms with E-state index >= 15 is 0 Å². The Morgan fingerprint density at radius 1 is 1.38 bits per heavy atom. The van der Waals surface area contributed by atoms with Gasteiger partial charge in [0.05, 0.1) is 19.5 Å². The summed E-state index contributed by atoms with van der Waals surface area (Å²) in [6.07, 6.45) is 2.51. The van der Waals surface area contributed by atoms with Crippen molar-refractivity contribution in [2.24, 2.45) is 0 Å². The number of ether oxygens (including phenoxy) is 1. The molecule has 7 heteroatoms. The summed E-state index contributed by atoms with van der Waals surface area (Å²) in [4.78, 5) is 14.3. The topological polar surface area (TPSA) is 52.8 Å². The lowest BCUT2D eigenvalue weighted by molar-refractivity contribution is 0.401. The van der Waals surface area contributed by atoms with Crippen molar-refractivity contribution < 1.29 is 4.74 Å². The Hall–Kier alpha value is -1.66. The molecule has 0 spiro atoms. The molecule has 5 nitrogen and oxygen atoms in total. The van der Waals surface area contributed by atoms with Crippen LogP contribution in [0.1, 0.15) is 23.2 Å². The molecule has 0 saturated carbocycles. The molecule has 3 heterocycles. The molecular weight excluding hydrogens is 308 g/mol. The average Bonchev–Trinajstić information content (AvgIpc) is 3.11. The van der Waals surface area contributed by atoms with Gasteiger partial charge in [-0.05, 0) is 23.4 Å². The molecule has 0 fully saturated rings. The lowest BCUT2D eigenvalue weighted by atomic mass is 10.2. The maximum atomic E-state index is 6.04. The van der Waals surface area contributed by atoms with E-state index in [2.05, 4.69) is 33.3 Å². The third-order valence-corrected chi connectivity index (χ3v) is 4.60. The zero-order valence-corrected chi connectivity index (χ0v) is 13.4. The SMILES string of the molecule is CCc1ccsc1Cn1c(CCl)nc2c(OC)ncnc21. The second-order valence-electron chi connectivity index (χ2n) is 4.53. The number of hydrogen-bond acceptors (Lipinski definition) is 5. The first-order valence-electron chi connectivity index (χ1n) is 6.63. The normalized spacial score (nSPS) is 11.2. The Balaban J connectivity index is 2.13. The van der Waals surface area contributed by atoms with Gasteiger partial charge in [-0.3, -0.25) is 0 Å². The quantitative estimate of drug-likeness (QED) is 0.677. The van der Waals surface area contributed by atoms with E-state index in [9.17, 15) is 0 Å². The van der Waals surface area contributed by atoms with Gasteiger partial charge in [-0.1, -0.05) is 6.92 Å². The van der Waals surface area contributed by atoms with Crippen LogP contribution in [0.15, 0.2) is 17.8 Å². The largest absolute Gasteiger partial charge is 0.479 e. The van der Waals surface area contributed by atoms with Gasteiger partial charge >= 0.3 is 0 Å². The molecule has 0 N–H and O–H groups in total. The molecule has 0 aromatic carbocycles. The molecule has 0 aliphatic carbocycles. The number of halogens is 1. The third-order valence-electron chi connectivity index (χ3n) is 3.41. The predicted molar refractivity (Wildman–Crippen MR) is 84.2 cm³/mol. The molecule has 0 radical (unpaired) electrons. The maximum Gasteiger partial charge on any atom is 0.245 e. The van der Waals surface area contributed by atoms with E-state index in [0.717, 1.165) is 24.4 Å². The van der Waals surface area contributed by atoms with E-state index in [1.165, 1.54) is 16.8 Å². The minimum atomic E-state index is 0.326. The molecule has 0 aliphatic heterocycles. The highest BCUT2D eigenvalue weighted by molar-refractivity contribution is 7.10. The lowest BCUT2D eigenvalue weighted by Crippen LogP contribution is -2.05. The van der Waals surface area contributed by atoms with Gasteiger partial charge in [-0.25, -0.2) is 9.97 Å². The average molecular weight is 323 g/mol. The molecule has 0 atom stereocenters. The van der Waals surface area contributed by atoms with E-state index in [4.69, 9.17) is 16.3 Å². The van der Waals surface area contributed by atoms with Crippen LogP contribution in [0.2, 0.25) is 0 Å². The molecule has 0 saturated heterocycles. The first kappa shape index (κ1) is 14.3. The van der Waals surface area contributed by atoms with Crippen molar-refractivity contribution >= 4 is 34.1 Å². The fourth-order valence-corrected chi connectivity index (χ4v) is 3.51. The number of aryl methyl sites for hydroxylation is 1.